The highest BCUT2D eigenvalue weighted by molar-refractivity contribution is 6.31. The fraction of sp³-hybridized carbons (Fsp3) is 0.524. The van der Waals surface area contributed by atoms with Crippen molar-refractivity contribution in [2.75, 3.05) is 13.2 Å². The van der Waals surface area contributed by atoms with Crippen LogP contribution < -0.4 is 14.8 Å². The summed E-state index contributed by atoms with van der Waals surface area (Å²) in [6.07, 6.45) is 0. The van der Waals surface area contributed by atoms with Crippen LogP contribution in [-0.2, 0) is 11.3 Å². The minimum Gasteiger partial charge on any atom is -0.486 e. The number of hydrogen-bond donors (Lipinski definition) is 1. The lowest BCUT2D eigenvalue weighted by Gasteiger charge is -2.26. The Morgan fingerprint density at radius 2 is 1.89 bits per heavy atom. The fourth-order valence-corrected chi connectivity index (χ4v) is 3.51. The van der Waals surface area contributed by atoms with Crippen LogP contribution in [0.2, 0.25) is 5.02 Å². The second-order valence-electron chi connectivity index (χ2n) is 7.70. The van der Waals surface area contributed by atoms with Gasteiger partial charge in [0, 0.05) is 0 Å². The number of amides is 1. The molecule has 1 N–H and O–H groups in total. The van der Waals surface area contributed by atoms with Crippen molar-refractivity contribution in [1.29, 1.82) is 0 Å². The molecule has 1 aliphatic rings. The number of benzene rings is 1. The Kier molecular flexibility index (Phi) is 6.18. The number of carbonyl (C=O) groups is 1. The average molecular weight is 406 g/mol. The van der Waals surface area contributed by atoms with Gasteiger partial charge in [0.15, 0.2) is 11.5 Å². The Labute approximate surface area is 171 Å². The van der Waals surface area contributed by atoms with Gasteiger partial charge in [0.05, 0.1) is 34.9 Å². The molecule has 0 saturated carbocycles. The molecule has 2 aromatic rings. The van der Waals surface area contributed by atoms with Gasteiger partial charge in [-0.05, 0) is 37.5 Å². The molecule has 0 radical (unpaired) electrons. The molecular formula is C21H28ClN3O3. The molecule has 3 rings (SSSR count). The highest BCUT2D eigenvalue weighted by atomic mass is 35.5. The van der Waals surface area contributed by atoms with Crippen molar-refractivity contribution in [1.82, 2.24) is 15.1 Å². The molecule has 0 spiro atoms. The normalized spacial score (nSPS) is 15.4. The van der Waals surface area contributed by atoms with Crippen LogP contribution in [0.4, 0.5) is 0 Å². The smallest absolute Gasteiger partial charge is 0.225 e. The molecule has 1 aromatic heterocycles. The largest absolute Gasteiger partial charge is 0.486 e. The van der Waals surface area contributed by atoms with Gasteiger partial charge in [-0.3, -0.25) is 9.48 Å². The maximum absolute atomic E-state index is 12.9. The highest BCUT2D eigenvalue weighted by Gasteiger charge is 2.24. The number of fused-ring (bicyclic) bond motifs is 1. The van der Waals surface area contributed by atoms with E-state index in [0.29, 0.717) is 24.8 Å². The van der Waals surface area contributed by atoms with Crippen molar-refractivity contribution in [3.8, 4) is 11.5 Å². The van der Waals surface area contributed by atoms with Gasteiger partial charge in [0.2, 0.25) is 5.91 Å². The molecule has 1 amide bonds. The Morgan fingerprint density at radius 3 is 2.50 bits per heavy atom. The quantitative estimate of drug-likeness (QED) is 0.786. The molecular weight excluding hydrogens is 378 g/mol. The molecule has 1 aliphatic heterocycles. The Bertz CT molecular complexity index is 863. The van der Waals surface area contributed by atoms with Gasteiger partial charge in [-0.15, -0.1) is 0 Å². The van der Waals surface area contributed by atoms with Crippen LogP contribution in [0.25, 0.3) is 0 Å². The van der Waals surface area contributed by atoms with Gasteiger partial charge in [-0.25, -0.2) is 0 Å². The zero-order valence-corrected chi connectivity index (χ0v) is 17.8. The molecule has 0 aliphatic carbocycles. The molecule has 2 unspecified atom stereocenters. The molecule has 0 saturated heterocycles. The summed E-state index contributed by atoms with van der Waals surface area (Å²) >= 11 is 6.22. The van der Waals surface area contributed by atoms with Gasteiger partial charge in [0.25, 0.3) is 0 Å². The first kappa shape index (κ1) is 20.5. The number of rotatable bonds is 6. The van der Waals surface area contributed by atoms with E-state index in [1.54, 1.807) is 4.68 Å². The number of aryl methyl sites for hydroxylation is 1. The topological polar surface area (TPSA) is 65.4 Å². The fourth-order valence-electron chi connectivity index (χ4n) is 3.38. The van der Waals surface area contributed by atoms with E-state index in [1.165, 1.54) is 0 Å². The number of carbonyl (C=O) groups excluding carboxylic acids is 1. The van der Waals surface area contributed by atoms with Crippen LogP contribution in [0, 0.1) is 25.7 Å². The minimum atomic E-state index is -0.243. The lowest BCUT2D eigenvalue weighted by molar-refractivity contribution is -0.126. The lowest BCUT2D eigenvalue weighted by Crippen LogP contribution is -2.37. The molecule has 7 heteroatoms. The minimum absolute atomic E-state index is 0.0164. The third-order valence-electron chi connectivity index (χ3n) is 5.08. The van der Waals surface area contributed by atoms with Crippen LogP contribution in [0.3, 0.4) is 0 Å². The van der Waals surface area contributed by atoms with Crippen molar-refractivity contribution >= 4 is 17.5 Å². The summed E-state index contributed by atoms with van der Waals surface area (Å²) in [5.74, 6) is 1.44. The first-order valence-electron chi connectivity index (χ1n) is 9.67. The first-order chi connectivity index (χ1) is 13.3. The van der Waals surface area contributed by atoms with Gasteiger partial charge < -0.3 is 14.8 Å². The molecule has 0 bridgehead atoms. The van der Waals surface area contributed by atoms with Crippen molar-refractivity contribution in [2.45, 2.75) is 47.2 Å². The number of nitrogens with zero attached hydrogens (tertiary/aromatic N) is 2. The summed E-state index contributed by atoms with van der Waals surface area (Å²) in [5, 5.41) is 8.27. The van der Waals surface area contributed by atoms with E-state index in [0.717, 1.165) is 28.5 Å². The summed E-state index contributed by atoms with van der Waals surface area (Å²) in [7, 11) is 0. The summed E-state index contributed by atoms with van der Waals surface area (Å²) in [5.41, 5.74) is 2.67. The summed E-state index contributed by atoms with van der Waals surface area (Å²) in [4.78, 5) is 12.9. The molecule has 28 heavy (non-hydrogen) atoms. The van der Waals surface area contributed by atoms with Crippen molar-refractivity contribution in [2.24, 2.45) is 11.8 Å². The van der Waals surface area contributed by atoms with E-state index in [1.807, 2.05) is 39.0 Å². The number of hydrogen-bond acceptors (Lipinski definition) is 4. The summed E-state index contributed by atoms with van der Waals surface area (Å²) in [6, 6.07) is 5.75. The third kappa shape index (κ3) is 4.27. The average Bonchev–Trinajstić information content (AvgIpc) is 2.91. The second-order valence-corrected chi connectivity index (χ2v) is 8.08. The van der Waals surface area contributed by atoms with Gasteiger partial charge in [-0.1, -0.05) is 38.4 Å². The number of halogens is 1. The summed E-state index contributed by atoms with van der Waals surface area (Å²) < 4.78 is 13.1. The highest BCUT2D eigenvalue weighted by Crippen LogP contribution is 2.34. The van der Waals surface area contributed by atoms with Crippen molar-refractivity contribution in [3.63, 3.8) is 0 Å². The Morgan fingerprint density at radius 1 is 1.21 bits per heavy atom. The second kappa shape index (κ2) is 8.43. The van der Waals surface area contributed by atoms with Crippen LogP contribution in [0.15, 0.2) is 18.2 Å². The van der Waals surface area contributed by atoms with Crippen LogP contribution in [-0.4, -0.2) is 28.9 Å². The zero-order valence-electron chi connectivity index (χ0n) is 17.1. The van der Waals surface area contributed by atoms with Crippen LogP contribution >= 0.6 is 11.6 Å². The molecule has 2 atom stereocenters. The molecule has 0 fully saturated rings. The lowest BCUT2D eigenvalue weighted by atomic mass is 9.94. The molecule has 152 valence electrons. The number of aromatic nitrogens is 2. The van der Waals surface area contributed by atoms with Gasteiger partial charge in [-0.2, -0.15) is 5.10 Å². The van der Waals surface area contributed by atoms with Crippen molar-refractivity contribution < 1.29 is 14.3 Å². The van der Waals surface area contributed by atoms with Gasteiger partial charge >= 0.3 is 0 Å². The predicted octanol–water partition coefficient (Wildman–Crippen LogP) is 4.07. The van der Waals surface area contributed by atoms with E-state index >= 15 is 0 Å². The van der Waals surface area contributed by atoms with Crippen molar-refractivity contribution in [3.05, 3.63) is 40.2 Å². The Balaban J connectivity index is 1.73. The maximum Gasteiger partial charge on any atom is 0.225 e. The first-order valence-corrected chi connectivity index (χ1v) is 10.0. The van der Waals surface area contributed by atoms with E-state index in [2.05, 4.69) is 24.3 Å². The zero-order chi connectivity index (χ0) is 20.4. The molecule has 6 nitrogen and oxygen atoms in total. The standard InChI is InChI=1S/C21H28ClN3O3/c1-12(2)20(16-6-7-17-18(10-16)28-9-8-27-17)23-21(26)13(3)11-25-15(5)19(22)14(4)24-25/h6-7,10,12-13,20H,8-9,11H2,1-5H3,(H,23,26). The van der Waals surface area contributed by atoms with E-state index < -0.39 is 0 Å². The van der Waals surface area contributed by atoms with Crippen LogP contribution in [0.5, 0.6) is 11.5 Å². The summed E-state index contributed by atoms with van der Waals surface area (Å²) in [6.45, 7) is 11.5. The predicted molar refractivity (Wildman–Crippen MR) is 109 cm³/mol. The van der Waals surface area contributed by atoms with Gasteiger partial charge in [0.1, 0.15) is 13.2 Å². The van der Waals surface area contributed by atoms with E-state index in [-0.39, 0.29) is 23.8 Å². The molecule has 1 aromatic carbocycles. The van der Waals surface area contributed by atoms with E-state index in [9.17, 15) is 4.79 Å². The number of ether oxygens (including phenoxy) is 2. The maximum atomic E-state index is 12.9. The SMILES string of the molecule is Cc1nn(CC(C)C(=O)NC(c2ccc3c(c2)OCCO3)C(C)C)c(C)c1Cl. The van der Waals surface area contributed by atoms with Crippen LogP contribution in [0.1, 0.15) is 43.8 Å². The van der Waals surface area contributed by atoms with E-state index in [4.69, 9.17) is 21.1 Å². The number of nitrogens with one attached hydrogen (secondary N) is 1. The molecule has 2 heterocycles. The Hall–Kier alpha value is -2.21. The third-order valence-corrected chi connectivity index (χ3v) is 5.62. The monoisotopic (exact) mass is 405 g/mol.